The van der Waals surface area contributed by atoms with Crippen LogP contribution in [0.2, 0.25) is 0 Å². The van der Waals surface area contributed by atoms with Crippen molar-refractivity contribution in [3.05, 3.63) is 48.2 Å². The number of amides is 1. The molecule has 0 spiro atoms. The van der Waals surface area contributed by atoms with Crippen molar-refractivity contribution in [1.82, 2.24) is 10.3 Å². The lowest BCUT2D eigenvalue weighted by molar-refractivity contribution is -0.137. The van der Waals surface area contributed by atoms with Crippen molar-refractivity contribution in [2.75, 3.05) is 6.54 Å². The van der Waals surface area contributed by atoms with Gasteiger partial charge in [0.05, 0.1) is 0 Å². The van der Waals surface area contributed by atoms with Gasteiger partial charge in [-0.2, -0.15) is 0 Å². The maximum Gasteiger partial charge on any atom is 0.303 e. The fraction of sp³-hybridized carbons (Fsp3) is 0.294. The first-order valence-corrected chi connectivity index (χ1v) is 7.41. The lowest BCUT2D eigenvalue weighted by atomic mass is 10.2. The topological polar surface area (TPSA) is 82.2 Å². The third-order valence-electron chi connectivity index (χ3n) is 3.37. The van der Waals surface area contributed by atoms with Crippen molar-refractivity contribution in [3.8, 4) is 11.3 Å². The van der Waals surface area contributed by atoms with E-state index in [-0.39, 0.29) is 12.3 Å². The van der Waals surface area contributed by atoms with Crippen LogP contribution in [0.25, 0.3) is 11.3 Å². The van der Waals surface area contributed by atoms with Gasteiger partial charge in [0.15, 0.2) is 0 Å². The van der Waals surface area contributed by atoms with Gasteiger partial charge in [0.2, 0.25) is 0 Å². The minimum atomic E-state index is -0.774. The van der Waals surface area contributed by atoms with Gasteiger partial charge in [-0.25, -0.2) is 0 Å². The summed E-state index contributed by atoms with van der Waals surface area (Å²) in [6.45, 7) is 0.554. The van der Waals surface area contributed by atoms with Crippen LogP contribution in [0.5, 0.6) is 0 Å². The van der Waals surface area contributed by atoms with E-state index in [1.807, 2.05) is 36.4 Å². The zero-order chi connectivity index (χ0) is 15.8. The van der Waals surface area contributed by atoms with E-state index in [1.54, 1.807) is 6.07 Å². The van der Waals surface area contributed by atoms with E-state index in [9.17, 15) is 9.59 Å². The number of nitrogens with one attached hydrogen (secondary N) is 2. The molecule has 116 valence electrons. The minimum absolute atomic E-state index is 0.139. The van der Waals surface area contributed by atoms with E-state index in [0.717, 1.165) is 24.1 Å². The molecular formula is C17H20N2O3. The summed E-state index contributed by atoms with van der Waals surface area (Å²) in [4.78, 5) is 25.5. The molecular weight excluding hydrogens is 280 g/mol. The average molecular weight is 300 g/mol. The maximum atomic E-state index is 12.0. The second-order valence-corrected chi connectivity index (χ2v) is 5.11. The molecule has 1 heterocycles. The van der Waals surface area contributed by atoms with Crippen molar-refractivity contribution in [2.45, 2.75) is 25.7 Å². The molecule has 0 unspecified atom stereocenters. The Morgan fingerprint density at radius 3 is 2.50 bits per heavy atom. The monoisotopic (exact) mass is 300 g/mol. The number of unbranched alkanes of at least 4 members (excludes halogenated alkanes) is 2. The first kappa shape index (κ1) is 15.8. The van der Waals surface area contributed by atoms with Gasteiger partial charge in [0.1, 0.15) is 5.69 Å². The highest BCUT2D eigenvalue weighted by atomic mass is 16.4. The van der Waals surface area contributed by atoms with Gasteiger partial charge in [-0.15, -0.1) is 0 Å². The van der Waals surface area contributed by atoms with E-state index in [2.05, 4.69) is 10.3 Å². The smallest absolute Gasteiger partial charge is 0.303 e. The third kappa shape index (κ3) is 4.77. The summed E-state index contributed by atoms with van der Waals surface area (Å²) in [5.41, 5.74) is 2.48. The average Bonchev–Trinajstić information content (AvgIpc) is 3.01. The number of H-pyrrole nitrogens is 1. The number of carbonyl (C=O) groups excluding carboxylic acids is 1. The molecule has 2 aromatic rings. The van der Waals surface area contributed by atoms with E-state index < -0.39 is 5.97 Å². The SMILES string of the molecule is O=C(O)CCCCCNC(=O)c1ccc(-c2ccccc2)[nH]1. The van der Waals surface area contributed by atoms with Crippen LogP contribution in [0.3, 0.4) is 0 Å². The molecule has 5 nitrogen and oxygen atoms in total. The normalized spacial score (nSPS) is 10.4. The number of carboxylic acid groups (broad SMARTS) is 1. The van der Waals surface area contributed by atoms with Gasteiger partial charge in [-0.3, -0.25) is 9.59 Å². The van der Waals surface area contributed by atoms with E-state index >= 15 is 0 Å². The van der Waals surface area contributed by atoms with Crippen molar-refractivity contribution < 1.29 is 14.7 Å². The number of carboxylic acids is 1. The number of rotatable bonds is 8. The summed E-state index contributed by atoms with van der Waals surface area (Å²) >= 11 is 0. The molecule has 0 fully saturated rings. The van der Waals surface area contributed by atoms with Crippen molar-refractivity contribution in [1.29, 1.82) is 0 Å². The number of hydrogen-bond acceptors (Lipinski definition) is 2. The van der Waals surface area contributed by atoms with Crippen LogP contribution in [-0.2, 0) is 4.79 Å². The second kappa shape index (κ2) is 8.02. The van der Waals surface area contributed by atoms with Crippen molar-refractivity contribution in [2.24, 2.45) is 0 Å². The zero-order valence-electron chi connectivity index (χ0n) is 12.3. The molecule has 1 amide bonds. The Kier molecular flexibility index (Phi) is 5.77. The van der Waals surface area contributed by atoms with Crippen LogP contribution >= 0.6 is 0 Å². The molecule has 1 aromatic carbocycles. The highest BCUT2D eigenvalue weighted by molar-refractivity contribution is 5.93. The van der Waals surface area contributed by atoms with Crippen LogP contribution in [0.4, 0.5) is 0 Å². The summed E-state index contributed by atoms with van der Waals surface area (Å²) in [6.07, 6.45) is 2.41. The molecule has 5 heteroatoms. The standard InChI is InChI=1S/C17H20N2O3/c20-16(21)9-5-2-6-12-18-17(22)15-11-10-14(19-15)13-7-3-1-4-8-13/h1,3-4,7-8,10-11,19H,2,5-6,9,12H2,(H,18,22)(H,20,21). The zero-order valence-corrected chi connectivity index (χ0v) is 12.3. The fourth-order valence-corrected chi connectivity index (χ4v) is 2.19. The molecule has 0 aliphatic heterocycles. The highest BCUT2D eigenvalue weighted by Crippen LogP contribution is 2.17. The van der Waals surface area contributed by atoms with Gasteiger partial charge < -0.3 is 15.4 Å². The molecule has 0 aliphatic rings. The summed E-state index contributed by atoms with van der Waals surface area (Å²) in [5.74, 6) is -0.913. The number of carbonyl (C=O) groups is 2. The van der Waals surface area contributed by atoms with Gasteiger partial charge >= 0.3 is 5.97 Å². The van der Waals surface area contributed by atoms with E-state index in [0.29, 0.717) is 18.7 Å². The highest BCUT2D eigenvalue weighted by Gasteiger charge is 2.08. The first-order chi connectivity index (χ1) is 10.7. The Morgan fingerprint density at radius 1 is 1.00 bits per heavy atom. The second-order valence-electron chi connectivity index (χ2n) is 5.11. The lowest BCUT2D eigenvalue weighted by Crippen LogP contribution is -2.24. The first-order valence-electron chi connectivity index (χ1n) is 7.41. The summed E-state index contributed by atoms with van der Waals surface area (Å²) < 4.78 is 0. The Morgan fingerprint density at radius 2 is 1.77 bits per heavy atom. The predicted molar refractivity (Wildman–Crippen MR) is 84.7 cm³/mol. The van der Waals surface area contributed by atoms with Gasteiger partial charge in [0.25, 0.3) is 5.91 Å². The number of benzene rings is 1. The lowest BCUT2D eigenvalue weighted by Gasteiger charge is -2.03. The van der Waals surface area contributed by atoms with E-state index in [4.69, 9.17) is 5.11 Å². The number of aromatic amines is 1. The van der Waals surface area contributed by atoms with Crippen molar-refractivity contribution in [3.63, 3.8) is 0 Å². The van der Waals surface area contributed by atoms with Gasteiger partial charge in [-0.1, -0.05) is 36.8 Å². The largest absolute Gasteiger partial charge is 0.481 e. The summed E-state index contributed by atoms with van der Waals surface area (Å²) in [5, 5.41) is 11.4. The van der Waals surface area contributed by atoms with Crippen LogP contribution in [0.15, 0.2) is 42.5 Å². The fourth-order valence-electron chi connectivity index (χ4n) is 2.19. The Balaban J connectivity index is 1.77. The maximum absolute atomic E-state index is 12.0. The molecule has 3 N–H and O–H groups in total. The summed E-state index contributed by atoms with van der Waals surface area (Å²) in [7, 11) is 0. The van der Waals surface area contributed by atoms with Crippen LogP contribution in [0, 0.1) is 0 Å². The Hall–Kier alpha value is -2.56. The summed E-state index contributed by atoms with van der Waals surface area (Å²) in [6, 6.07) is 13.5. The van der Waals surface area contributed by atoms with Crippen LogP contribution in [-0.4, -0.2) is 28.5 Å². The van der Waals surface area contributed by atoms with E-state index in [1.165, 1.54) is 0 Å². The van der Waals surface area contributed by atoms with Gasteiger partial charge in [0, 0.05) is 18.7 Å². The quantitative estimate of drug-likeness (QED) is 0.655. The number of aliphatic carboxylic acids is 1. The van der Waals surface area contributed by atoms with Crippen LogP contribution < -0.4 is 5.32 Å². The Bertz CT molecular complexity index is 620. The third-order valence-corrected chi connectivity index (χ3v) is 3.37. The number of aromatic nitrogens is 1. The minimum Gasteiger partial charge on any atom is -0.481 e. The Labute approximate surface area is 129 Å². The molecule has 2 rings (SSSR count). The molecule has 22 heavy (non-hydrogen) atoms. The predicted octanol–water partition coefficient (Wildman–Crippen LogP) is 3.06. The van der Waals surface area contributed by atoms with Gasteiger partial charge in [-0.05, 0) is 30.5 Å². The molecule has 0 bridgehead atoms. The molecule has 1 aromatic heterocycles. The van der Waals surface area contributed by atoms with Crippen molar-refractivity contribution >= 4 is 11.9 Å². The van der Waals surface area contributed by atoms with Crippen LogP contribution in [0.1, 0.15) is 36.2 Å². The molecule has 0 saturated carbocycles. The number of hydrogen-bond donors (Lipinski definition) is 3. The molecule has 0 radical (unpaired) electrons. The molecule has 0 saturated heterocycles. The molecule has 0 atom stereocenters. The molecule has 0 aliphatic carbocycles.